The fraction of sp³-hybridized carbons (Fsp3) is 0.364. The van der Waals surface area contributed by atoms with Crippen LogP contribution in [0.1, 0.15) is 19.3 Å². The predicted octanol–water partition coefficient (Wildman–Crippen LogP) is 2.66. The summed E-state index contributed by atoms with van der Waals surface area (Å²) in [5, 5.41) is 3.38. The van der Waals surface area contributed by atoms with Gasteiger partial charge in [0.1, 0.15) is 0 Å². The Morgan fingerprint density at radius 3 is 2.80 bits per heavy atom. The third-order valence-electron chi connectivity index (χ3n) is 2.75. The van der Waals surface area contributed by atoms with Crippen molar-refractivity contribution < 1.29 is 4.79 Å². The van der Waals surface area contributed by atoms with Crippen LogP contribution in [0.15, 0.2) is 18.2 Å². The maximum absolute atomic E-state index is 11.6. The molecular formula is C11H13ClN2O. The molecule has 0 heterocycles. The molecular weight excluding hydrogens is 212 g/mol. The Morgan fingerprint density at radius 2 is 2.20 bits per heavy atom. The van der Waals surface area contributed by atoms with Crippen molar-refractivity contribution in [2.24, 2.45) is 5.92 Å². The van der Waals surface area contributed by atoms with Gasteiger partial charge in [-0.2, -0.15) is 0 Å². The molecule has 3 N–H and O–H groups in total. The molecule has 0 bridgehead atoms. The first kappa shape index (κ1) is 10.3. The SMILES string of the molecule is Nc1ccc(Cl)cc1NC(=O)C1CCC1. The largest absolute Gasteiger partial charge is 0.397 e. The lowest BCUT2D eigenvalue weighted by molar-refractivity contribution is -0.122. The highest BCUT2D eigenvalue weighted by molar-refractivity contribution is 6.31. The smallest absolute Gasteiger partial charge is 0.227 e. The topological polar surface area (TPSA) is 55.1 Å². The molecule has 1 fully saturated rings. The first-order valence-electron chi connectivity index (χ1n) is 5.02. The molecule has 1 aromatic carbocycles. The van der Waals surface area contributed by atoms with Crippen LogP contribution in [-0.2, 0) is 4.79 Å². The van der Waals surface area contributed by atoms with Crippen molar-refractivity contribution in [3.8, 4) is 0 Å². The number of amides is 1. The summed E-state index contributed by atoms with van der Waals surface area (Å²) in [7, 11) is 0. The molecule has 0 atom stereocenters. The highest BCUT2D eigenvalue weighted by Crippen LogP contribution is 2.29. The Hall–Kier alpha value is -1.22. The van der Waals surface area contributed by atoms with Gasteiger partial charge in [0.2, 0.25) is 5.91 Å². The van der Waals surface area contributed by atoms with Gasteiger partial charge < -0.3 is 11.1 Å². The average Bonchev–Trinajstić information content (AvgIpc) is 2.08. The molecule has 1 amide bonds. The molecule has 0 saturated heterocycles. The van der Waals surface area contributed by atoms with E-state index >= 15 is 0 Å². The fourth-order valence-electron chi connectivity index (χ4n) is 1.54. The van der Waals surface area contributed by atoms with E-state index in [0.717, 1.165) is 19.3 Å². The number of hydrogen-bond acceptors (Lipinski definition) is 2. The van der Waals surface area contributed by atoms with Crippen LogP contribution in [0.5, 0.6) is 0 Å². The third-order valence-corrected chi connectivity index (χ3v) is 2.98. The minimum absolute atomic E-state index is 0.0511. The number of nitrogens with two attached hydrogens (primary N) is 1. The van der Waals surface area contributed by atoms with Gasteiger partial charge in [-0.1, -0.05) is 18.0 Å². The maximum atomic E-state index is 11.6. The molecule has 15 heavy (non-hydrogen) atoms. The minimum Gasteiger partial charge on any atom is -0.397 e. The van der Waals surface area contributed by atoms with Crippen molar-refractivity contribution in [2.75, 3.05) is 11.1 Å². The molecule has 0 radical (unpaired) electrons. The summed E-state index contributed by atoms with van der Waals surface area (Å²) in [6, 6.07) is 5.07. The number of hydrogen-bond donors (Lipinski definition) is 2. The molecule has 80 valence electrons. The van der Waals surface area contributed by atoms with E-state index in [0.29, 0.717) is 16.4 Å². The van der Waals surface area contributed by atoms with Gasteiger partial charge in [-0.25, -0.2) is 0 Å². The van der Waals surface area contributed by atoms with E-state index in [-0.39, 0.29) is 11.8 Å². The van der Waals surface area contributed by atoms with Crippen molar-refractivity contribution in [1.29, 1.82) is 0 Å². The standard InChI is InChI=1S/C11H13ClN2O/c12-8-4-5-9(13)10(6-8)14-11(15)7-2-1-3-7/h4-7H,1-3,13H2,(H,14,15). The van der Waals surface area contributed by atoms with E-state index < -0.39 is 0 Å². The summed E-state index contributed by atoms with van der Waals surface area (Å²) < 4.78 is 0. The van der Waals surface area contributed by atoms with Crippen LogP contribution in [0, 0.1) is 5.92 Å². The zero-order chi connectivity index (χ0) is 10.8. The van der Waals surface area contributed by atoms with Gasteiger partial charge in [-0.15, -0.1) is 0 Å². The van der Waals surface area contributed by atoms with Crippen LogP contribution in [0.4, 0.5) is 11.4 Å². The Labute approximate surface area is 93.6 Å². The zero-order valence-electron chi connectivity index (χ0n) is 8.29. The lowest BCUT2D eigenvalue weighted by Crippen LogP contribution is -2.28. The highest BCUT2D eigenvalue weighted by Gasteiger charge is 2.25. The van der Waals surface area contributed by atoms with Gasteiger partial charge in [-0.3, -0.25) is 4.79 Å². The Morgan fingerprint density at radius 1 is 1.47 bits per heavy atom. The van der Waals surface area contributed by atoms with Crippen molar-refractivity contribution in [3.05, 3.63) is 23.2 Å². The van der Waals surface area contributed by atoms with E-state index in [2.05, 4.69) is 5.32 Å². The fourth-order valence-corrected chi connectivity index (χ4v) is 1.71. The predicted molar refractivity (Wildman–Crippen MR) is 61.8 cm³/mol. The van der Waals surface area contributed by atoms with Crippen LogP contribution in [-0.4, -0.2) is 5.91 Å². The summed E-state index contributed by atoms with van der Waals surface area (Å²) in [5.74, 6) is 0.207. The van der Waals surface area contributed by atoms with Gasteiger partial charge in [0, 0.05) is 10.9 Å². The molecule has 0 aliphatic heterocycles. The Kier molecular flexibility index (Phi) is 2.82. The monoisotopic (exact) mass is 224 g/mol. The normalized spacial score (nSPS) is 15.8. The second-order valence-corrected chi connectivity index (χ2v) is 4.29. The van der Waals surface area contributed by atoms with Crippen LogP contribution >= 0.6 is 11.6 Å². The molecule has 1 aliphatic rings. The molecule has 1 saturated carbocycles. The van der Waals surface area contributed by atoms with E-state index in [4.69, 9.17) is 17.3 Å². The molecule has 1 aromatic rings. The number of carbonyl (C=O) groups excluding carboxylic acids is 1. The van der Waals surface area contributed by atoms with Gasteiger partial charge in [-0.05, 0) is 31.0 Å². The van der Waals surface area contributed by atoms with Gasteiger partial charge >= 0.3 is 0 Å². The Balaban J connectivity index is 2.09. The molecule has 4 heteroatoms. The number of rotatable bonds is 2. The highest BCUT2D eigenvalue weighted by atomic mass is 35.5. The molecule has 0 unspecified atom stereocenters. The van der Waals surface area contributed by atoms with E-state index in [1.165, 1.54) is 0 Å². The lowest BCUT2D eigenvalue weighted by atomic mass is 9.85. The van der Waals surface area contributed by atoms with E-state index in [1.807, 2.05) is 0 Å². The van der Waals surface area contributed by atoms with Crippen molar-refractivity contribution in [2.45, 2.75) is 19.3 Å². The number of anilines is 2. The first-order valence-corrected chi connectivity index (χ1v) is 5.40. The third kappa shape index (κ3) is 2.23. The number of carbonyl (C=O) groups is 1. The van der Waals surface area contributed by atoms with Crippen LogP contribution in [0.2, 0.25) is 5.02 Å². The van der Waals surface area contributed by atoms with Crippen LogP contribution < -0.4 is 11.1 Å². The summed E-state index contributed by atoms with van der Waals surface area (Å²) >= 11 is 5.82. The summed E-state index contributed by atoms with van der Waals surface area (Å²) in [6.45, 7) is 0. The van der Waals surface area contributed by atoms with Crippen molar-refractivity contribution >= 4 is 28.9 Å². The van der Waals surface area contributed by atoms with E-state index in [9.17, 15) is 4.79 Å². The molecule has 2 rings (SSSR count). The number of halogens is 1. The quantitative estimate of drug-likeness (QED) is 0.759. The Bertz CT molecular complexity index is 388. The van der Waals surface area contributed by atoms with Crippen LogP contribution in [0.3, 0.4) is 0 Å². The number of nitrogens with one attached hydrogen (secondary N) is 1. The second kappa shape index (κ2) is 4.11. The second-order valence-electron chi connectivity index (χ2n) is 3.85. The maximum Gasteiger partial charge on any atom is 0.227 e. The number of benzene rings is 1. The summed E-state index contributed by atoms with van der Waals surface area (Å²) in [6.07, 6.45) is 3.10. The van der Waals surface area contributed by atoms with Crippen LogP contribution in [0.25, 0.3) is 0 Å². The lowest BCUT2D eigenvalue weighted by Gasteiger charge is -2.24. The molecule has 0 spiro atoms. The van der Waals surface area contributed by atoms with Gasteiger partial charge in [0.15, 0.2) is 0 Å². The molecule has 1 aliphatic carbocycles. The number of nitrogen functional groups attached to an aromatic ring is 1. The summed E-state index contributed by atoms with van der Waals surface area (Å²) in [4.78, 5) is 11.6. The minimum atomic E-state index is 0.0511. The summed E-state index contributed by atoms with van der Waals surface area (Å²) in [5.41, 5.74) is 6.88. The first-order chi connectivity index (χ1) is 7.16. The van der Waals surface area contributed by atoms with Gasteiger partial charge in [0.25, 0.3) is 0 Å². The van der Waals surface area contributed by atoms with E-state index in [1.54, 1.807) is 18.2 Å². The van der Waals surface area contributed by atoms with Crippen molar-refractivity contribution in [3.63, 3.8) is 0 Å². The average molecular weight is 225 g/mol. The molecule has 3 nitrogen and oxygen atoms in total. The molecule has 0 aromatic heterocycles. The van der Waals surface area contributed by atoms with Gasteiger partial charge in [0.05, 0.1) is 11.4 Å². The van der Waals surface area contributed by atoms with Crippen molar-refractivity contribution in [1.82, 2.24) is 0 Å². The zero-order valence-corrected chi connectivity index (χ0v) is 9.05.